The molecule has 0 atom stereocenters. The molecule has 0 spiro atoms. The number of nitrogens with zero attached hydrogens (tertiary/aromatic N) is 2. The number of rotatable bonds is 5. The van der Waals surface area contributed by atoms with Crippen molar-refractivity contribution >= 4 is 54.4 Å². The molecule has 11 rings (SSSR count). The molecule has 2 heteroatoms. The SMILES string of the molecule is c1ccc(-c2ccc(-n3c4ccccc4c4cc(-c5ccc6c(c5)c5ccccc5n6-c5ccc(-c6ccc7ccccc7c6)cc5)ccc43)cc2)cc1. The number of benzene rings is 9. The molecule has 252 valence electrons. The van der Waals surface area contributed by atoms with Crippen molar-refractivity contribution in [3.05, 3.63) is 206 Å². The zero-order valence-corrected chi connectivity index (χ0v) is 29.5. The van der Waals surface area contributed by atoms with Gasteiger partial charge < -0.3 is 9.13 Å². The third kappa shape index (κ3) is 4.88. The molecule has 0 aliphatic heterocycles. The molecule has 0 bridgehead atoms. The molecule has 0 saturated heterocycles. The molecule has 54 heavy (non-hydrogen) atoms. The number of aromatic nitrogens is 2. The molecule has 0 aliphatic carbocycles. The Bertz CT molecular complexity index is 3180. The molecule has 0 unspecified atom stereocenters. The summed E-state index contributed by atoms with van der Waals surface area (Å²) in [6, 6.07) is 75.2. The molecule has 11 aromatic rings. The van der Waals surface area contributed by atoms with Crippen LogP contribution in [0.2, 0.25) is 0 Å². The van der Waals surface area contributed by atoms with Crippen molar-refractivity contribution < 1.29 is 0 Å². The van der Waals surface area contributed by atoms with Gasteiger partial charge in [0.25, 0.3) is 0 Å². The summed E-state index contributed by atoms with van der Waals surface area (Å²) < 4.78 is 4.80. The van der Waals surface area contributed by atoms with Crippen LogP contribution in [0.1, 0.15) is 0 Å². The van der Waals surface area contributed by atoms with Crippen molar-refractivity contribution in [3.8, 4) is 44.8 Å². The zero-order valence-electron chi connectivity index (χ0n) is 29.5. The molecule has 2 aromatic heterocycles. The zero-order chi connectivity index (χ0) is 35.6. The largest absolute Gasteiger partial charge is 0.309 e. The van der Waals surface area contributed by atoms with E-state index in [0.717, 1.165) is 11.4 Å². The van der Waals surface area contributed by atoms with Crippen LogP contribution in [0.5, 0.6) is 0 Å². The van der Waals surface area contributed by atoms with E-state index in [0.29, 0.717) is 0 Å². The Labute approximate surface area is 313 Å². The lowest BCUT2D eigenvalue weighted by atomic mass is 10.0. The maximum absolute atomic E-state index is 2.40. The monoisotopic (exact) mass is 686 g/mol. The Morgan fingerprint density at radius 2 is 0.611 bits per heavy atom. The first kappa shape index (κ1) is 30.5. The summed E-state index contributed by atoms with van der Waals surface area (Å²) in [5, 5.41) is 7.54. The first-order chi connectivity index (χ1) is 26.8. The van der Waals surface area contributed by atoms with Crippen molar-refractivity contribution in [2.45, 2.75) is 0 Å². The highest BCUT2D eigenvalue weighted by Gasteiger charge is 2.16. The summed E-state index contributed by atoms with van der Waals surface area (Å²) in [6.07, 6.45) is 0. The van der Waals surface area contributed by atoms with Crippen molar-refractivity contribution in [2.75, 3.05) is 0 Å². The van der Waals surface area contributed by atoms with Crippen LogP contribution in [0.15, 0.2) is 206 Å². The molecule has 0 saturated carbocycles. The normalized spacial score (nSPS) is 11.7. The number of para-hydroxylation sites is 2. The maximum atomic E-state index is 2.40. The first-order valence-electron chi connectivity index (χ1n) is 18.6. The fraction of sp³-hybridized carbons (Fsp3) is 0. The van der Waals surface area contributed by atoms with E-state index < -0.39 is 0 Å². The van der Waals surface area contributed by atoms with Gasteiger partial charge in [0.05, 0.1) is 22.1 Å². The van der Waals surface area contributed by atoms with Crippen molar-refractivity contribution in [1.29, 1.82) is 0 Å². The summed E-state index contributed by atoms with van der Waals surface area (Å²) in [7, 11) is 0. The van der Waals surface area contributed by atoms with Gasteiger partial charge in [-0.3, -0.25) is 0 Å². The summed E-state index contributed by atoms with van der Waals surface area (Å²) in [4.78, 5) is 0. The van der Waals surface area contributed by atoms with E-state index in [-0.39, 0.29) is 0 Å². The third-order valence-corrected chi connectivity index (χ3v) is 11.1. The van der Waals surface area contributed by atoms with Crippen molar-refractivity contribution in [2.24, 2.45) is 0 Å². The minimum atomic E-state index is 1.16. The van der Waals surface area contributed by atoms with Crippen LogP contribution in [0.25, 0.3) is 99.1 Å². The lowest BCUT2D eigenvalue weighted by molar-refractivity contribution is 1.18. The Hall–Kier alpha value is -7.16. The smallest absolute Gasteiger partial charge is 0.0541 e. The van der Waals surface area contributed by atoms with E-state index in [1.165, 1.54) is 87.8 Å². The van der Waals surface area contributed by atoms with Crippen molar-refractivity contribution in [3.63, 3.8) is 0 Å². The maximum Gasteiger partial charge on any atom is 0.0541 e. The fourth-order valence-corrected chi connectivity index (χ4v) is 8.47. The molecule has 0 aliphatic rings. The summed E-state index contributed by atoms with van der Waals surface area (Å²) in [5.41, 5.74) is 14.5. The minimum Gasteiger partial charge on any atom is -0.309 e. The van der Waals surface area contributed by atoms with Gasteiger partial charge in [-0.1, -0.05) is 140 Å². The molecule has 0 amide bonds. The van der Waals surface area contributed by atoms with Gasteiger partial charge in [0, 0.05) is 32.9 Å². The van der Waals surface area contributed by atoms with Gasteiger partial charge in [-0.2, -0.15) is 0 Å². The van der Waals surface area contributed by atoms with Crippen LogP contribution in [-0.4, -0.2) is 9.13 Å². The van der Waals surface area contributed by atoms with Gasteiger partial charge in [0.2, 0.25) is 0 Å². The Morgan fingerprint density at radius 1 is 0.222 bits per heavy atom. The van der Waals surface area contributed by atoms with Gasteiger partial charge in [0.1, 0.15) is 0 Å². The van der Waals surface area contributed by atoms with Crippen LogP contribution in [0.3, 0.4) is 0 Å². The van der Waals surface area contributed by atoms with E-state index >= 15 is 0 Å². The fourth-order valence-electron chi connectivity index (χ4n) is 8.47. The topological polar surface area (TPSA) is 9.86 Å². The van der Waals surface area contributed by atoms with E-state index in [9.17, 15) is 0 Å². The highest BCUT2D eigenvalue weighted by atomic mass is 15.0. The summed E-state index contributed by atoms with van der Waals surface area (Å²) in [6.45, 7) is 0. The second kappa shape index (κ2) is 12.2. The van der Waals surface area contributed by atoms with E-state index in [4.69, 9.17) is 0 Å². The van der Waals surface area contributed by atoms with Gasteiger partial charge in [-0.15, -0.1) is 0 Å². The predicted molar refractivity (Wildman–Crippen MR) is 229 cm³/mol. The van der Waals surface area contributed by atoms with Crippen LogP contribution in [-0.2, 0) is 0 Å². The first-order valence-corrected chi connectivity index (χ1v) is 18.6. The Kier molecular flexibility index (Phi) is 6.90. The minimum absolute atomic E-state index is 1.16. The molecule has 0 N–H and O–H groups in total. The molecule has 0 radical (unpaired) electrons. The molecular formula is C52H34N2. The molecule has 9 aromatic carbocycles. The van der Waals surface area contributed by atoms with Crippen LogP contribution in [0.4, 0.5) is 0 Å². The number of fused-ring (bicyclic) bond motifs is 7. The molecule has 2 nitrogen and oxygen atoms in total. The highest BCUT2D eigenvalue weighted by Crippen LogP contribution is 2.39. The Balaban J connectivity index is 0.997. The molecular weight excluding hydrogens is 653 g/mol. The molecule has 0 fully saturated rings. The summed E-state index contributed by atoms with van der Waals surface area (Å²) >= 11 is 0. The van der Waals surface area contributed by atoms with Crippen LogP contribution >= 0.6 is 0 Å². The quantitative estimate of drug-likeness (QED) is 0.171. The average Bonchev–Trinajstić information content (AvgIpc) is 3.76. The van der Waals surface area contributed by atoms with Crippen LogP contribution in [0, 0.1) is 0 Å². The van der Waals surface area contributed by atoms with E-state index in [1.54, 1.807) is 0 Å². The lowest BCUT2D eigenvalue weighted by Crippen LogP contribution is -1.94. The summed E-state index contributed by atoms with van der Waals surface area (Å²) in [5.74, 6) is 0. The lowest BCUT2D eigenvalue weighted by Gasteiger charge is -2.11. The van der Waals surface area contributed by atoms with Gasteiger partial charge in [-0.05, 0) is 111 Å². The van der Waals surface area contributed by atoms with E-state index in [1.807, 2.05) is 0 Å². The van der Waals surface area contributed by atoms with Gasteiger partial charge in [-0.25, -0.2) is 0 Å². The van der Waals surface area contributed by atoms with Crippen molar-refractivity contribution in [1.82, 2.24) is 9.13 Å². The standard InChI is InChI=1S/C52H34N2/c1-2-10-35(11-3-1)37-20-26-43(27-21-37)53-49-16-8-6-14-45(49)47-33-41(24-30-51(47)53)42-25-31-52-48(34-42)46-15-7-9-17-50(46)54(52)44-28-22-38(23-29-44)40-19-18-36-12-4-5-13-39(36)32-40/h1-34H. The number of hydrogen-bond donors (Lipinski definition) is 0. The van der Waals surface area contributed by atoms with E-state index in [2.05, 4.69) is 215 Å². The van der Waals surface area contributed by atoms with Gasteiger partial charge >= 0.3 is 0 Å². The predicted octanol–water partition coefficient (Wildman–Crippen LogP) is 14.0. The number of hydrogen-bond acceptors (Lipinski definition) is 0. The average molecular weight is 687 g/mol. The highest BCUT2D eigenvalue weighted by molar-refractivity contribution is 6.12. The second-order valence-corrected chi connectivity index (χ2v) is 14.2. The third-order valence-electron chi connectivity index (χ3n) is 11.1. The van der Waals surface area contributed by atoms with Gasteiger partial charge in [0.15, 0.2) is 0 Å². The Morgan fingerprint density at radius 3 is 1.19 bits per heavy atom. The second-order valence-electron chi connectivity index (χ2n) is 14.2. The van der Waals surface area contributed by atoms with Crippen LogP contribution < -0.4 is 0 Å². The molecule has 2 heterocycles.